The molecule has 1 aromatic carbocycles. The number of aryl methyl sites for hydroxylation is 1. The zero-order chi connectivity index (χ0) is 13.8. The van der Waals surface area contributed by atoms with E-state index in [4.69, 9.17) is 16.9 Å². The Morgan fingerprint density at radius 3 is 2.84 bits per heavy atom. The summed E-state index contributed by atoms with van der Waals surface area (Å²) in [5.74, 6) is 0.549. The van der Waals surface area contributed by atoms with Crippen molar-refractivity contribution in [3.8, 4) is 0 Å². The fraction of sp³-hybridized carbons (Fsp3) is 0.154. The first-order valence-electron chi connectivity index (χ1n) is 5.72. The Bertz CT molecular complexity index is 647. The maximum Gasteiger partial charge on any atom is 0.193 e. The number of aromatic nitrogens is 1. The Morgan fingerprint density at radius 2 is 2.11 bits per heavy atom. The highest BCUT2D eigenvalue weighted by atomic mass is 32.2. The molecule has 2 rings (SSSR count). The number of nitrogens with zero attached hydrogens (tertiary/aromatic N) is 2. The SMILES string of the molecule is Cc1cc(CSC(=N)N=C(N)N)c2ccccc2n1. The number of pyridine rings is 1. The van der Waals surface area contributed by atoms with Crippen LogP contribution in [0.25, 0.3) is 10.9 Å². The van der Waals surface area contributed by atoms with Crippen LogP contribution in [-0.4, -0.2) is 16.1 Å². The average molecular weight is 273 g/mol. The van der Waals surface area contributed by atoms with Gasteiger partial charge in [-0.15, -0.1) is 0 Å². The lowest BCUT2D eigenvalue weighted by atomic mass is 10.1. The molecule has 2 aromatic rings. The van der Waals surface area contributed by atoms with Crippen LogP contribution in [0.15, 0.2) is 35.3 Å². The lowest BCUT2D eigenvalue weighted by Crippen LogP contribution is -2.23. The molecule has 0 radical (unpaired) electrons. The predicted octanol–water partition coefficient (Wildman–Crippen LogP) is 1.98. The molecule has 0 aliphatic rings. The fourth-order valence-corrected chi connectivity index (χ4v) is 2.51. The number of hydrogen-bond acceptors (Lipinski definition) is 3. The summed E-state index contributed by atoms with van der Waals surface area (Å²) in [6.45, 7) is 1.96. The van der Waals surface area contributed by atoms with Crippen molar-refractivity contribution in [2.45, 2.75) is 12.7 Å². The summed E-state index contributed by atoms with van der Waals surface area (Å²) in [5.41, 5.74) is 13.5. The molecule has 0 unspecified atom stereocenters. The van der Waals surface area contributed by atoms with E-state index < -0.39 is 0 Å². The number of fused-ring (bicyclic) bond motifs is 1. The summed E-state index contributed by atoms with van der Waals surface area (Å²) < 4.78 is 0. The lowest BCUT2D eigenvalue weighted by Gasteiger charge is -2.07. The number of guanidine groups is 1. The van der Waals surface area contributed by atoms with Gasteiger partial charge in [0.2, 0.25) is 0 Å². The van der Waals surface area contributed by atoms with Crippen LogP contribution in [0.5, 0.6) is 0 Å². The zero-order valence-corrected chi connectivity index (χ0v) is 11.4. The summed E-state index contributed by atoms with van der Waals surface area (Å²) in [6, 6.07) is 9.99. The van der Waals surface area contributed by atoms with E-state index in [1.807, 2.05) is 37.3 Å². The summed E-state index contributed by atoms with van der Waals surface area (Å²) in [5, 5.41) is 8.84. The molecule has 1 aromatic heterocycles. The number of benzene rings is 1. The molecule has 98 valence electrons. The van der Waals surface area contributed by atoms with Crippen LogP contribution < -0.4 is 11.5 Å². The predicted molar refractivity (Wildman–Crippen MR) is 81.3 cm³/mol. The largest absolute Gasteiger partial charge is 0.370 e. The van der Waals surface area contributed by atoms with E-state index in [-0.39, 0.29) is 11.1 Å². The Hall–Kier alpha value is -2.08. The van der Waals surface area contributed by atoms with Crippen molar-refractivity contribution in [3.63, 3.8) is 0 Å². The van der Waals surface area contributed by atoms with Crippen LogP contribution in [0, 0.1) is 12.3 Å². The molecule has 0 spiro atoms. The number of para-hydroxylation sites is 1. The number of thioether (sulfide) groups is 1. The monoisotopic (exact) mass is 273 g/mol. The van der Waals surface area contributed by atoms with Gasteiger partial charge in [-0.25, -0.2) is 0 Å². The molecule has 0 aliphatic carbocycles. The lowest BCUT2D eigenvalue weighted by molar-refractivity contribution is 1.23. The zero-order valence-electron chi connectivity index (χ0n) is 10.6. The molecule has 0 aliphatic heterocycles. The summed E-state index contributed by atoms with van der Waals surface area (Å²) >= 11 is 1.29. The number of aliphatic imine (C=N–C) groups is 1. The minimum Gasteiger partial charge on any atom is -0.370 e. The Morgan fingerprint density at radius 1 is 1.37 bits per heavy atom. The first-order chi connectivity index (χ1) is 9.06. The van der Waals surface area contributed by atoms with E-state index in [1.54, 1.807) is 0 Å². The molecule has 0 atom stereocenters. The molecular weight excluding hydrogens is 258 g/mol. The molecule has 1 heterocycles. The highest BCUT2D eigenvalue weighted by Gasteiger charge is 2.05. The molecule has 6 heteroatoms. The highest BCUT2D eigenvalue weighted by Crippen LogP contribution is 2.23. The molecular formula is C13H15N5S. The van der Waals surface area contributed by atoms with Gasteiger partial charge in [-0.3, -0.25) is 10.4 Å². The van der Waals surface area contributed by atoms with Gasteiger partial charge in [-0.05, 0) is 24.6 Å². The third kappa shape index (κ3) is 3.45. The van der Waals surface area contributed by atoms with Gasteiger partial charge in [0.15, 0.2) is 11.1 Å². The Labute approximate surface area is 115 Å². The highest BCUT2D eigenvalue weighted by molar-refractivity contribution is 8.13. The molecule has 0 fully saturated rings. The topological polar surface area (TPSA) is 101 Å². The number of hydrogen-bond donors (Lipinski definition) is 3. The standard InChI is InChI=1S/C13H15N5S/c1-8-6-9(7-19-13(16)18-12(14)15)10-4-2-3-5-11(10)17-8/h2-6H,7H2,1H3,(H5,14,15,16,18). The molecule has 19 heavy (non-hydrogen) atoms. The van der Waals surface area contributed by atoms with Gasteiger partial charge >= 0.3 is 0 Å². The van der Waals surface area contributed by atoms with Crippen LogP contribution in [0.2, 0.25) is 0 Å². The van der Waals surface area contributed by atoms with Crippen molar-refractivity contribution < 1.29 is 0 Å². The minimum absolute atomic E-state index is 0.0896. The Kier molecular flexibility index (Phi) is 4.01. The summed E-state index contributed by atoms with van der Waals surface area (Å²) in [6.07, 6.45) is 0. The van der Waals surface area contributed by atoms with Crippen LogP contribution in [0.1, 0.15) is 11.3 Å². The third-order valence-corrected chi connectivity index (χ3v) is 3.35. The van der Waals surface area contributed by atoms with E-state index in [0.717, 1.165) is 22.2 Å². The van der Waals surface area contributed by atoms with E-state index in [1.165, 1.54) is 11.8 Å². The number of nitrogens with one attached hydrogen (secondary N) is 1. The van der Waals surface area contributed by atoms with Gasteiger partial charge in [0.25, 0.3) is 0 Å². The van der Waals surface area contributed by atoms with E-state index >= 15 is 0 Å². The second-order valence-electron chi connectivity index (χ2n) is 4.07. The Balaban J connectivity index is 2.25. The van der Waals surface area contributed by atoms with Gasteiger partial charge in [0, 0.05) is 16.8 Å². The van der Waals surface area contributed by atoms with Crippen LogP contribution in [-0.2, 0) is 5.75 Å². The second-order valence-corrected chi connectivity index (χ2v) is 5.03. The van der Waals surface area contributed by atoms with Gasteiger partial charge < -0.3 is 11.5 Å². The quantitative estimate of drug-likeness (QED) is 0.575. The maximum atomic E-state index is 7.63. The third-order valence-electron chi connectivity index (χ3n) is 2.52. The molecule has 5 nitrogen and oxygen atoms in total. The summed E-state index contributed by atoms with van der Waals surface area (Å²) in [4.78, 5) is 8.18. The van der Waals surface area contributed by atoms with Gasteiger partial charge in [-0.1, -0.05) is 30.0 Å². The van der Waals surface area contributed by atoms with E-state index in [2.05, 4.69) is 9.98 Å². The number of rotatable bonds is 2. The molecule has 0 bridgehead atoms. The van der Waals surface area contributed by atoms with Crippen molar-refractivity contribution in [1.29, 1.82) is 5.41 Å². The molecule has 0 saturated heterocycles. The van der Waals surface area contributed by atoms with Crippen LogP contribution in [0.4, 0.5) is 0 Å². The normalized spacial score (nSPS) is 10.4. The maximum absolute atomic E-state index is 7.63. The van der Waals surface area contributed by atoms with Crippen molar-refractivity contribution >= 4 is 33.8 Å². The van der Waals surface area contributed by atoms with Crippen molar-refractivity contribution in [2.24, 2.45) is 16.5 Å². The van der Waals surface area contributed by atoms with Crippen molar-refractivity contribution in [1.82, 2.24) is 4.98 Å². The van der Waals surface area contributed by atoms with Gasteiger partial charge in [0.1, 0.15) is 0 Å². The first-order valence-corrected chi connectivity index (χ1v) is 6.71. The van der Waals surface area contributed by atoms with E-state index in [9.17, 15) is 0 Å². The van der Waals surface area contributed by atoms with Gasteiger partial charge in [0.05, 0.1) is 5.52 Å². The van der Waals surface area contributed by atoms with Crippen LogP contribution >= 0.6 is 11.8 Å². The fourth-order valence-electron chi connectivity index (χ4n) is 1.81. The van der Waals surface area contributed by atoms with Crippen molar-refractivity contribution in [3.05, 3.63) is 41.6 Å². The smallest absolute Gasteiger partial charge is 0.193 e. The van der Waals surface area contributed by atoms with Gasteiger partial charge in [-0.2, -0.15) is 4.99 Å². The summed E-state index contributed by atoms with van der Waals surface area (Å²) in [7, 11) is 0. The minimum atomic E-state index is -0.0896. The first kappa shape index (κ1) is 13.4. The number of amidine groups is 1. The average Bonchev–Trinajstić information content (AvgIpc) is 2.35. The molecule has 5 N–H and O–H groups in total. The van der Waals surface area contributed by atoms with Crippen LogP contribution in [0.3, 0.4) is 0 Å². The number of nitrogens with two attached hydrogens (primary N) is 2. The molecule has 0 amide bonds. The molecule has 0 saturated carbocycles. The van der Waals surface area contributed by atoms with Crippen molar-refractivity contribution in [2.75, 3.05) is 0 Å². The second kappa shape index (κ2) is 5.71. The van der Waals surface area contributed by atoms with E-state index in [0.29, 0.717) is 5.75 Å².